The molecular weight excluding hydrogens is 556 g/mol. The average Bonchev–Trinajstić information content (AvgIpc) is 3.58. The molecule has 0 radical (unpaired) electrons. The maximum atomic E-state index is 13.5. The molecule has 0 fully saturated rings. The van der Waals surface area contributed by atoms with Crippen molar-refractivity contribution in [2.75, 3.05) is 0 Å². The Morgan fingerprint density at radius 2 is 2.00 bits per heavy atom. The third-order valence-corrected chi connectivity index (χ3v) is 8.33. The fourth-order valence-corrected chi connectivity index (χ4v) is 6.08. The molecule has 0 bridgehead atoms. The maximum absolute atomic E-state index is 13.5. The lowest BCUT2D eigenvalue weighted by atomic mass is 10.1. The first-order valence-corrected chi connectivity index (χ1v) is 14.4. The van der Waals surface area contributed by atoms with Crippen LogP contribution in [-0.2, 0) is 21.9 Å². The van der Waals surface area contributed by atoms with Crippen molar-refractivity contribution in [3.8, 4) is 0 Å². The molecule has 0 aliphatic carbocycles. The number of fused-ring (bicyclic) bond motifs is 4. The molecule has 196 valence electrons. The first-order valence-electron chi connectivity index (χ1n) is 12.2. The second-order valence-corrected chi connectivity index (χ2v) is 11.3. The minimum absolute atomic E-state index is 0.125. The zero-order valence-electron chi connectivity index (χ0n) is 20.4. The van der Waals surface area contributed by atoms with Crippen LogP contribution in [0.4, 0.5) is 5.69 Å². The Kier molecular flexibility index (Phi) is 7.03. The molecule has 2 aliphatic heterocycles. The number of aliphatic imine (C=N–C) groups is 2. The summed E-state index contributed by atoms with van der Waals surface area (Å²) in [6.07, 6.45) is 2.00. The number of nitrogens with one attached hydrogen (secondary N) is 1. The second kappa shape index (κ2) is 10.8. The fraction of sp³-hybridized carbons (Fsp3) is 0.185. The molecule has 39 heavy (non-hydrogen) atoms. The molecule has 12 heteroatoms. The minimum Gasteiger partial charge on any atom is -0.351 e. The Hall–Kier alpha value is -3.80. The molecule has 1 atom stereocenters. The number of amidine groups is 2. The molecule has 0 spiro atoms. The normalized spacial score (nSPS) is 16.1. The Morgan fingerprint density at radius 1 is 1.13 bits per heavy atom. The Morgan fingerprint density at radius 3 is 2.85 bits per heavy atom. The highest BCUT2D eigenvalue weighted by atomic mass is 35.5. The number of carbonyl (C=O) groups is 2. The van der Waals surface area contributed by atoms with E-state index in [0.717, 1.165) is 10.4 Å². The zero-order chi connectivity index (χ0) is 26.9. The summed E-state index contributed by atoms with van der Waals surface area (Å²) in [6, 6.07) is 15.5. The molecule has 0 unspecified atom stereocenters. The molecule has 2 amide bonds. The van der Waals surface area contributed by atoms with Crippen LogP contribution in [0, 0.1) is 0 Å². The van der Waals surface area contributed by atoms with Crippen molar-refractivity contribution in [2.24, 2.45) is 9.98 Å². The number of nitrogens with zero attached hydrogens (tertiary/aromatic N) is 5. The molecule has 3 aromatic heterocycles. The van der Waals surface area contributed by atoms with Gasteiger partial charge in [-0.3, -0.25) is 23.8 Å². The van der Waals surface area contributed by atoms with Crippen LogP contribution in [-0.4, -0.2) is 43.1 Å². The Balaban J connectivity index is 1.19. The molecule has 0 saturated heterocycles. The highest BCUT2D eigenvalue weighted by molar-refractivity contribution is 8.13. The smallest absolute Gasteiger partial charge is 0.259 e. The van der Waals surface area contributed by atoms with Crippen molar-refractivity contribution in [2.45, 2.75) is 31.2 Å². The standard InChI is InChI=1S/C27H21ClN6O3S2/c28-16-7-9-22-30-17(12-24(36)33(22)14-16)15-39-27-32-20-6-2-1-5-19(20)25-31-21(26(37)34(25)27)8-10-23(35)29-13-18-4-3-11-38-18/h1-7,9,11-12,14,21H,8,10,13,15H2,(H,29,35)/t21-/m1/s1. The maximum Gasteiger partial charge on any atom is 0.259 e. The number of pyridine rings is 1. The number of thioether (sulfide) groups is 1. The van der Waals surface area contributed by atoms with E-state index in [0.29, 0.717) is 51.8 Å². The monoisotopic (exact) mass is 576 g/mol. The van der Waals surface area contributed by atoms with E-state index >= 15 is 0 Å². The quantitative estimate of drug-likeness (QED) is 0.351. The lowest BCUT2D eigenvalue weighted by Gasteiger charge is -2.25. The Labute approximate surface area is 236 Å². The molecule has 1 aromatic carbocycles. The predicted octanol–water partition coefficient (Wildman–Crippen LogP) is 4.40. The fourth-order valence-electron chi connectivity index (χ4n) is 4.38. The van der Waals surface area contributed by atoms with Gasteiger partial charge in [-0.2, -0.15) is 0 Å². The van der Waals surface area contributed by atoms with Crippen molar-refractivity contribution in [3.05, 3.63) is 97.7 Å². The molecule has 0 saturated carbocycles. The summed E-state index contributed by atoms with van der Waals surface area (Å²) in [6.45, 7) is 0.468. The molecule has 9 nitrogen and oxygen atoms in total. The van der Waals surface area contributed by atoms with Gasteiger partial charge >= 0.3 is 0 Å². The summed E-state index contributed by atoms with van der Waals surface area (Å²) in [4.78, 5) is 55.1. The van der Waals surface area contributed by atoms with Crippen LogP contribution >= 0.6 is 34.7 Å². The van der Waals surface area contributed by atoms with Gasteiger partial charge in [-0.1, -0.05) is 41.6 Å². The van der Waals surface area contributed by atoms with E-state index in [1.165, 1.54) is 33.3 Å². The minimum atomic E-state index is -0.683. The molecule has 4 aromatic rings. The third-order valence-electron chi connectivity index (χ3n) is 6.26. The van der Waals surface area contributed by atoms with Crippen molar-refractivity contribution in [1.82, 2.24) is 19.6 Å². The zero-order valence-corrected chi connectivity index (χ0v) is 22.8. The van der Waals surface area contributed by atoms with Gasteiger partial charge in [0.15, 0.2) is 5.17 Å². The highest BCUT2D eigenvalue weighted by Gasteiger charge is 2.41. The van der Waals surface area contributed by atoms with E-state index < -0.39 is 6.04 Å². The van der Waals surface area contributed by atoms with Crippen LogP contribution in [0.5, 0.6) is 0 Å². The van der Waals surface area contributed by atoms with Gasteiger partial charge in [-0.15, -0.1) is 11.3 Å². The van der Waals surface area contributed by atoms with Crippen molar-refractivity contribution < 1.29 is 9.59 Å². The van der Waals surface area contributed by atoms with Crippen molar-refractivity contribution in [1.29, 1.82) is 0 Å². The number of carbonyl (C=O) groups excluding carboxylic acids is 2. The number of amides is 2. The lowest BCUT2D eigenvalue weighted by Crippen LogP contribution is -2.41. The molecular formula is C27H21ClN6O3S2. The van der Waals surface area contributed by atoms with Crippen LogP contribution in [0.15, 0.2) is 81.0 Å². The van der Waals surface area contributed by atoms with Gasteiger partial charge in [0.05, 0.1) is 22.9 Å². The molecule has 5 heterocycles. The topological polar surface area (TPSA) is 108 Å². The van der Waals surface area contributed by atoms with Crippen LogP contribution in [0.1, 0.15) is 29.0 Å². The number of halogens is 1. The SMILES string of the molecule is O=C(CC[C@H]1N=C2c3ccccc3N=C(SCc3cc(=O)n4cc(Cl)ccc4n3)N2C1=O)NCc1cccs1. The van der Waals surface area contributed by atoms with Gasteiger partial charge in [0.1, 0.15) is 17.5 Å². The second-order valence-electron chi connectivity index (χ2n) is 8.90. The van der Waals surface area contributed by atoms with Crippen molar-refractivity contribution >= 4 is 68.9 Å². The van der Waals surface area contributed by atoms with E-state index in [-0.39, 0.29) is 23.8 Å². The van der Waals surface area contributed by atoms with Crippen LogP contribution in [0.25, 0.3) is 5.65 Å². The summed E-state index contributed by atoms with van der Waals surface area (Å²) in [7, 11) is 0. The number of aromatic nitrogens is 2. The summed E-state index contributed by atoms with van der Waals surface area (Å²) in [5, 5.41) is 5.76. The van der Waals surface area contributed by atoms with E-state index in [1.807, 2.05) is 41.8 Å². The molecule has 2 aliphatic rings. The van der Waals surface area contributed by atoms with Crippen LogP contribution in [0.3, 0.4) is 0 Å². The van der Waals surface area contributed by atoms with Gasteiger partial charge in [-0.25, -0.2) is 14.9 Å². The van der Waals surface area contributed by atoms with E-state index in [2.05, 4.69) is 10.3 Å². The summed E-state index contributed by atoms with van der Waals surface area (Å²) in [5.74, 6) is 0.499. The first kappa shape index (κ1) is 25.5. The highest BCUT2D eigenvalue weighted by Crippen LogP contribution is 2.35. The van der Waals surface area contributed by atoms with Crippen molar-refractivity contribution in [3.63, 3.8) is 0 Å². The third kappa shape index (κ3) is 5.25. The summed E-state index contributed by atoms with van der Waals surface area (Å²) >= 11 is 8.90. The predicted molar refractivity (Wildman–Crippen MR) is 154 cm³/mol. The van der Waals surface area contributed by atoms with Gasteiger partial charge in [0.25, 0.3) is 11.5 Å². The first-order chi connectivity index (χ1) is 19.0. The van der Waals surface area contributed by atoms with Gasteiger partial charge in [0.2, 0.25) is 5.91 Å². The number of benzene rings is 1. The largest absolute Gasteiger partial charge is 0.351 e. The lowest BCUT2D eigenvalue weighted by molar-refractivity contribution is -0.125. The Bertz CT molecular complexity index is 1720. The van der Waals surface area contributed by atoms with Crippen LogP contribution in [0.2, 0.25) is 5.02 Å². The van der Waals surface area contributed by atoms with E-state index in [1.54, 1.807) is 23.5 Å². The number of rotatable bonds is 7. The molecule has 1 N–H and O–H groups in total. The number of para-hydroxylation sites is 1. The van der Waals surface area contributed by atoms with Gasteiger partial charge in [-0.05, 0) is 42.1 Å². The summed E-state index contributed by atoms with van der Waals surface area (Å²) in [5.41, 5.74) is 2.26. The van der Waals surface area contributed by atoms with E-state index in [4.69, 9.17) is 21.6 Å². The van der Waals surface area contributed by atoms with E-state index in [9.17, 15) is 14.4 Å². The van der Waals surface area contributed by atoms with Gasteiger partial charge < -0.3 is 5.32 Å². The number of thiophene rings is 1. The number of hydrogen-bond donors (Lipinski definition) is 1. The summed E-state index contributed by atoms with van der Waals surface area (Å²) < 4.78 is 1.39. The van der Waals surface area contributed by atoms with Gasteiger partial charge in [0, 0.05) is 34.9 Å². The van der Waals surface area contributed by atoms with Crippen LogP contribution < -0.4 is 10.9 Å². The average molecular weight is 577 g/mol. The molecule has 6 rings (SSSR count). The number of hydrogen-bond acceptors (Lipinski definition) is 8.